The van der Waals surface area contributed by atoms with E-state index in [0.29, 0.717) is 6.54 Å². The minimum atomic E-state index is -0.677. The molecule has 0 radical (unpaired) electrons. The highest BCUT2D eigenvalue weighted by molar-refractivity contribution is 6.45. The first kappa shape index (κ1) is 9.66. The van der Waals surface area contributed by atoms with E-state index in [4.69, 9.17) is 4.74 Å². The summed E-state index contributed by atoms with van der Waals surface area (Å²) in [5.74, 6) is -1.16. The van der Waals surface area contributed by atoms with E-state index in [-0.39, 0.29) is 12.1 Å². The standard InChI is InChI=1S/C7H11N3O3/c1-4(13-2)3-8-7-9-5(11)6(12)10-7/h4H,3H2,1-2H3,(H2,8,9,10,11,12). The van der Waals surface area contributed by atoms with Crippen LogP contribution in [0.25, 0.3) is 0 Å². The summed E-state index contributed by atoms with van der Waals surface area (Å²) in [4.78, 5) is 25.2. The van der Waals surface area contributed by atoms with Gasteiger partial charge in [-0.2, -0.15) is 0 Å². The number of nitrogens with one attached hydrogen (secondary N) is 2. The maximum absolute atomic E-state index is 10.7. The molecule has 0 aromatic rings. The Balaban J connectivity index is 2.46. The highest BCUT2D eigenvalue weighted by Gasteiger charge is 2.24. The number of ether oxygens (including phenoxy) is 1. The molecule has 6 nitrogen and oxygen atoms in total. The third-order valence-corrected chi connectivity index (χ3v) is 1.58. The fraction of sp³-hybridized carbons (Fsp3) is 0.571. The van der Waals surface area contributed by atoms with Crippen LogP contribution in [0.5, 0.6) is 0 Å². The van der Waals surface area contributed by atoms with Gasteiger partial charge in [0.1, 0.15) is 0 Å². The summed E-state index contributed by atoms with van der Waals surface area (Å²) in [5.41, 5.74) is 0. The van der Waals surface area contributed by atoms with Crippen LogP contribution in [0.1, 0.15) is 6.92 Å². The Morgan fingerprint density at radius 3 is 2.38 bits per heavy atom. The van der Waals surface area contributed by atoms with Crippen LogP contribution in [0.3, 0.4) is 0 Å². The van der Waals surface area contributed by atoms with Gasteiger partial charge in [0.2, 0.25) is 5.96 Å². The van der Waals surface area contributed by atoms with Crippen molar-refractivity contribution in [1.82, 2.24) is 10.6 Å². The molecule has 0 aromatic carbocycles. The first-order valence-electron chi connectivity index (χ1n) is 3.83. The monoisotopic (exact) mass is 185 g/mol. The van der Waals surface area contributed by atoms with Crippen molar-refractivity contribution in [2.75, 3.05) is 13.7 Å². The van der Waals surface area contributed by atoms with Gasteiger partial charge in [0.05, 0.1) is 12.6 Å². The lowest BCUT2D eigenvalue weighted by Crippen LogP contribution is -2.27. The van der Waals surface area contributed by atoms with Gasteiger partial charge in [-0.1, -0.05) is 0 Å². The van der Waals surface area contributed by atoms with E-state index >= 15 is 0 Å². The lowest BCUT2D eigenvalue weighted by Gasteiger charge is -2.04. The van der Waals surface area contributed by atoms with E-state index in [9.17, 15) is 9.59 Å². The lowest BCUT2D eigenvalue weighted by atomic mass is 10.4. The minimum absolute atomic E-state index is 0.0399. The van der Waals surface area contributed by atoms with E-state index in [1.54, 1.807) is 7.11 Å². The normalized spacial score (nSPS) is 18.2. The molecule has 0 bridgehead atoms. The minimum Gasteiger partial charge on any atom is -0.380 e. The van der Waals surface area contributed by atoms with Crippen LogP contribution < -0.4 is 10.6 Å². The van der Waals surface area contributed by atoms with Gasteiger partial charge in [0.25, 0.3) is 0 Å². The number of methoxy groups -OCH3 is 1. The average molecular weight is 185 g/mol. The summed E-state index contributed by atoms with van der Waals surface area (Å²) >= 11 is 0. The number of aliphatic imine (C=N–C) groups is 1. The molecule has 1 aliphatic rings. The third kappa shape index (κ3) is 2.51. The zero-order valence-corrected chi connectivity index (χ0v) is 7.46. The van der Waals surface area contributed by atoms with Crippen LogP contribution >= 0.6 is 0 Å². The molecule has 2 N–H and O–H groups in total. The molecule has 13 heavy (non-hydrogen) atoms. The van der Waals surface area contributed by atoms with Crippen LogP contribution in [0, 0.1) is 0 Å². The summed E-state index contributed by atoms with van der Waals surface area (Å²) in [6, 6.07) is 0. The van der Waals surface area contributed by atoms with E-state index < -0.39 is 11.8 Å². The van der Waals surface area contributed by atoms with Crippen LogP contribution in [0.15, 0.2) is 4.99 Å². The maximum atomic E-state index is 10.7. The molecule has 1 saturated heterocycles. The highest BCUT2D eigenvalue weighted by atomic mass is 16.5. The fourth-order valence-corrected chi connectivity index (χ4v) is 0.733. The highest BCUT2D eigenvalue weighted by Crippen LogP contribution is 1.89. The van der Waals surface area contributed by atoms with Crippen molar-refractivity contribution < 1.29 is 14.3 Å². The molecule has 0 aromatic heterocycles. The molecule has 1 fully saturated rings. The van der Waals surface area contributed by atoms with Gasteiger partial charge in [0, 0.05) is 7.11 Å². The number of amides is 2. The van der Waals surface area contributed by atoms with Crippen LogP contribution in [0.4, 0.5) is 0 Å². The molecule has 1 rings (SSSR count). The van der Waals surface area contributed by atoms with E-state index in [1.165, 1.54) is 0 Å². The topological polar surface area (TPSA) is 79.8 Å². The molecule has 1 atom stereocenters. The third-order valence-electron chi connectivity index (χ3n) is 1.58. The summed E-state index contributed by atoms with van der Waals surface area (Å²) in [6.45, 7) is 2.23. The maximum Gasteiger partial charge on any atom is 0.316 e. The lowest BCUT2D eigenvalue weighted by molar-refractivity contribution is -0.135. The quantitative estimate of drug-likeness (QED) is 0.532. The fourth-order valence-electron chi connectivity index (χ4n) is 0.733. The Morgan fingerprint density at radius 1 is 1.38 bits per heavy atom. The van der Waals surface area contributed by atoms with Crippen molar-refractivity contribution >= 4 is 17.8 Å². The summed E-state index contributed by atoms with van der Waals surface area (Å²) in [6.07, 6.45) is -0.0399. The smallest absolute Gasteiger partial charge is 0.316 e. The molecule has 0 aliphatic carbocycles. The van der Waals surface area contributed by atoms with E-state index in [0.717, 1.165) is 0 Å². The average Bonchev–Trinajstić information content (AvgIpc) is 2.42. The number of nitrogens with zero attached hydrogens (tertiary/aromatic N) is 1. The Bertz CT molecular complexity index is 244. The summed E-state index contributed by atoms with van der Waals surface area (Å²) in [5, 5.41) is 4.56. The first-order valence-corrected chi connectivity index (χ1v) is 3.83. The summed E-state index contributed by atoms with van der Waals surface area (Å²) in [7, 11) is 1.57. The number of rotatable bonds is 3. The number of carbonyl (C=O) groups is 2. The van der Waals surface area contributed by atoms with Crippen molar-refractivity contribution in [3.05, 3.63) is 0 Å². The second kappa shape index (κ2) is 3.99. The SMILES string of the molecule is COC(C)CN=C1NC(=O)C(=O)N1. The zero-order valence-electron chi connectivity index (χ0n) is 7.46. The number of guanidine groups is 1. The van der Waals surface area contributed by atoms with Gasteiger partial charge >= 0.3 is 11.8 Å². The van der Waals surface area contributed by atoms with Gasteiger partial charge in [-0.15, -0.1) is 0 Å². The molecule has 1 aliphatic heterocycles. The predicted octanol–water partition coefficient (Wildman–Crippen LogP) is -1.38. The van der Waals surface area contributed by atoms with Gasteiger partial charge < -0.3 is 4.74 Å². The molecular weight excluding hydrogens is 174 g/mol. The molecule has 0 saturated carbocycles. The molecule has 1 unspecified atom stereocenters. The van der Waals surface area contributed by atoms with Gasteiger partial charge in [-0.25, -0.2) is 4.99 Å². The van der Waals surface area contributed by atoms with Crippen molar-refractivity contribution in [3.8, 4) is 0 Å². The largest absolute Gasteiger partial charge is 0.380 e. The number of hydrogen-bond acceptors (Lipinski definition) is 4. The Hall–Kier alpha value is -1.43. The number of hydrogen-bond donors (Lipinski definition) is 2. The molecule has 72 valence electrons. The second-order valence-electron chi connectivity index (χ2n) is 2.64. The van der Waals surface area contributed by atoms with Crippen molar-refractivity contribution in [2.24, 2.45) is 4.99 Å². The summed E-state index contributed by atoms with van der Waals surface area (Å²) < 4.78 is 4.93. The first-order chi connectivity index (χ1) is 6.13. The van der Waals surface area contributed by atoms with Crippen molar-refractivity contribution in [3.63, 3.8) is 0 Å². The van der Waals surface area contributed by atoms with Gasteiger partial charge in [0.15, 0.2) is 0 Å². The molecule has 1 heterocycles. The molecule has 6 heteroatoms. The molecule has 0 spiro atoms. The molecule has 2 amide bonds. The Morgan fingerprint density at radius 2 is 1.92 bits per heavy atom. The Labute approximate surface area is 75.4 Å². The van der Waals surface area contributed by atoms with Crippen molar-refractivity contribution in [2.45, 2.75) is 13.0 Å². The van der Waals surface area contributed by atoms with Crippen LogP contribution in [-0.4, -0.2) is 37.5 Å². The second-order valence-corrected chi connectivity index (χ2v) is 2.64. The molecular formula is C7H11N3O3. The number of carbonyl (C=O) groups excluding carboxylic acids is 2. The van der Waals surface area contributed by atoms with Gasteiger partial charge in [-0.3, -0.25) is 20.2 Å². The van der Waals surface area contributed by atoms with Crippen LogP contribution in [-0.2, 0) is 14.3 Å². The van der Waals surface area contributed by atoms with Crippen LogP contribution in [0.2, 0.25) is 0 Å². The predicted molar refractivity (Wildman–Crippen MR) is 45.1 cm³/mol. The van der Waals surface area contributed by atoms with E-state index in [2.05, 4.69) is 15.6 Å². The zero-order chi connectivity index (χ0) is 9.84. The van der Waals surface area contributed by atoms with Gasteiger partial charge in [-0.05, 0) is 6.92 Å². The Kier molecular flexibility index (Phi) is 2.97. The van der Waals surface area contributed by atoms with Crippen molar-refractivity contribution in [1.29, 1.82) is 0 Å². The van der Waals surface area contributed by atoms with E-state index in [1.807, 2.05) is 6.92 Å².